The van der Waals surface area contributed by atoms with Crippen LogP contribution < -0.4 is 34.7 Å². The topological polar surface area (TPSA) is 94.5 Å². The minimum absolute atomic E-state index is 0. The monoisotopic (exact) mass is 216 g/mol. The van der Waals surface area contributed by atoms with Crippen molar-refractivity contribution in [3.63, 3.8) is 0 Å². The normalized spacial score (nSPS) is 8.38. The third-order valence-electron chi connectivity index (χ3n) is 0.495. The summed E-state index contributed by atoms with van der Waals surface area (Å²) in [5.74, 6) is -1.60. The van der Waals surface area contributed by atoms with Gasteiger partial charge in [0, 0.05) is 0 Å². The van der Waals surface area contributed by atoms with E-state index in [-0.39, 0.29) is 35.3 Å². The van der Waals surface area contributed by atoms with E-state index in [1.165, 1.54) is 0 Å². The Morgan fingerprint density at radius 3 is 1.77 bits per heavy atom. The summed E-state index contributed by atoms with van der Waals surface area (Å²) in [5.41, 5.74) is 0. The van der Waals surface area contributed by atoms with E-state index in [0.717, 1.165) is 12.2 Å². The molecule has 0 aliphatic heterocycles. The van der Waals surface area contributed by atoms with Gasteiger partial charge in [-0.1, -0.05) is 12.7 Å². The quantitative estimate of drug-likeness (QED) is 0.224. The molecular formula is C6H9NaO5S. The minimum atomic E-state index is -3.79. The van der Waals surface area contributed by atoms with Gasteiger partial charge >= 0.3 is 29.6 Å². The summed E-state index contributed by atoms with van der Waals surface area (Å²) in [6.07, 6.45) is 1.84. The molecule has 0 amide bonds. The maximum Gasteiger partial charge on any atom is 1.00 e. The molecule has 0 saturated heterocycles. The molecule has 0 unspecified atom stereocenters. The smallest absolute Gasteiger partial charge is 0.545 e. The van der Waals surface area contributed by atoms with Gasteiger partial charge in [-0.15, -0.1) is 6.58 Å². The number of carboxylic acids is 1. The number of carboxylic acid groups (broad SMARTS) is 1. The summed E-state index contributed by atoms with van der Waals surface area (Å²) in [7, 11) is -3.79. The number of hydrogen-bond acceptors (Lipinski definition) is 4. The molecule has 0 atom stereocenters. The number of rotatable bonds is 3. The van der Waals surface area contributed by atoms with Crippen LogP contribution in [0.15, 0.2) is 25.3 Å². The summed E-state index contributed by atoms with van der Waals surface area (Å²) in [6.45, 7) is 6.01. The van der Waals surface area contributed by atoms with Gasteiger partial charge in [0.1, 0.15) is 0 Å². The molecule has 0 aliphatic carbocycles. The molecule has 0 aromatic carbocycles. The van der Waals surface area contributed by atoms with Crippen molar-refractivity contribution < 1.29 is 52.4 Å². The van der Waals surface area contributed by atoms with Crippen LogP contribution in [0.1, 0.15) is 0 Å². The molecule has 1 N–H and O–H groups in total. The maximum atomic E-state index is 9.72. The van der Waals surface area contributed by atoms with Crippen LogP contribution in [-0.2, 0) is 14.9 Å². The van der Waals surface area contributed by atoms with Crippen LogP contribution in [0.3, 0.4) is 0 Å². The standard InChI is InChI=1S/C3H6O3S.C3H4O2.Na/c1-2-3-7(4,5)6;1-2-3(4)5;/h2H,1,3H2,(H,4,5,6);2H,1H2,(H,4,5);/q;;+1/p-1. The Morgan fingerprint density at radius 2 is 1.77 bits per heavy atom. The van der Waals surface area contributed by atoms with Gasteiger partial charge in [0.25, 0.3) is 10.1 Å². The van der Waals surface area contributed by atoms with Crippen LogP contribution in [0, 0.1) is 0 Å². The van der Waals surface area contributed by atoms with E-state index in [9.17, 15) is 8.42 Å². The SMILES string of the molecule is C=CC(=O)[O-].C=CCS(=O)(=O)O.[Na+]. The van der Waals surface area contributed by atoms with Gasteiger partial charge in [-0.3, -0.25) is 4.55 Å². The number of carbonyl (C=O) groups is 1. The van der Waals surface area contributed by atoms with Gasteiger partial charge in [-0.2, -0.15) is 8.42 Å². The van der Waals surface area contributed by atoms with E-state index in [2.05, 4.69) is 13.2 Å². The summed E-state index contributed by atoms with van der Waals surface area (Å²) in [6, 6.07) is 0. The molecule has 0 fully saturated rings. The Kier molecular flexibility index (Phi) is 14.2. The number of aliphatic carboxylic acids is 1. The Bertz CT molecular complexity index is 256. The van der Waals surface area contributed by atoms with Gasteiger partial charge in [0.15, 0.2) is 0 Å². The first-order valence-electron chi connectivity index (χ1n) is 2.73. The van der Waals surface area contributed by atoms with Crippen molar-refractivity contribution in [1.29, 1.82) is 0 Å². The van der Waals surface area contributed by atoms with Crippen molar-refractivity contribution in [2.45, 2.75) is 0 Å². The van der Waals surface area contributed by atoms with Crippen LogP contribution in [0.5, 0.6) is 0 Å². The summed E-state index contributed by atoms with van der Waals surface area (Å²) >= 11 is 0. The van der Waals surface area contributed by atoms with Gasteiger partial charge < -0.3 is 9.90 Å². The number of carbonyl (C=O) groups excluding carboxylic acids is 1. The van der Waals surface area contributed by atoms with E-state index in [1.54, 1.807) is 0 Å². The van der Waals surface area contributed by atoms with Crippen molar-refractivity contribution in [3.05, 3.63) is 25.3 Å². The predicted octanol–water partition coefficient (Wildman–Crippen LogP) is -4.01. The second-order valence-corrected chi connectivity index (χ2v) is 3.06. The molecule has 13 heavy (non-hydrogen) atoms. The predicted molar refractivity (Wildman–Crippen MR) is 41.8 cm³/mol. The molecule has 0 saturated carbocycles. The maximum absolute atomic E-state index is 9.72. The Labute approximate surface area is 99.2 Å². The molecule has 0 aliphatic rings. The minimum Gasteiger partial charge on any atom is -0.545 e. The molecular weight excluding hydrogens is 207 g/mol. The second kappa shape index (κ2) is 9.94. The molecule has 0 aromatic heterocycles. The van der Waals surface area contributed by atoms with Crippen LogP contribution in [0.25, 0.3) is 0 Å². The largest absolute Gasteiger partial charge is 1.00 e. The summed E-state index contributed by atoms with van der Waals surface area (Å²) < 4.78 is 27.3. The first-order chi connectivity index (χ1) is 5.33. The van der Waals surface area contributed by atoms with Crippen molar-refractivity contribution in [3.8, 4) is 0 Å². The number of hydrogen-bond donors (Lipinski definition) is 1. The third kappa shape index (κ3) is 33.6. The van der Waals surface area contributed by atoms with Gasteiger partial charge in [0.05, 0.1) is 11.7 Å². The average Bonchev–Trinajstić information content (AvgIpc) is 1.86. The zero-order valence-electron chi connectivity index (χ0n) is 7.26. The fourth-order valence-corrected chi connectivity index (χ4v) is 0.447. The zero-order chi connectivity index (χ0) is 10.2. The van der Waals surface area contributed by atoms with Gasteiger partial charge in [0.2, 0.25) is 0 Å². The van der Waals surface area contributed by atoms with Crippen LogP contribution in [0.2, 0.25) is 0 Å². The van der Waals surface area contributed by atoms with Crippen molar-refractivity contribution in [1.82, 2.24) is 0 Å². The molecule has 0 radical (unpaired) electrons. The second-order valence-electron chi connectivity index (χ2n) is 1.56. The van der Waals surface area contributed by atoms with Crippen molar-refractivity contribution in [2.24, 2.45) is 0 Å². The molecule has 0 heterocycles. The molecule has 0 spiro atoms. The zero-order valence-corrected chi connectivity index (χ0v) is 10.1. The summed E-state index contributed by atoms with van der Waals surface area (Å²) in [4.78, 5) is 9.14. The Balaban J connectivity index is -0.000000150. The van der Waals surface area contributed by atoms with E-state index >= 15 is 0 Å². The van der Waals surface area contributed by atoms with Crippen molar-refractivity contribution in [2.75, 3.05) is 5.75 Å². The fourth-order valence-electron chi connectivity index (χ4n) is 0.149. The molecule has 7 heteroatoms. The van der Waals surface area contributed by atoms with E-state index in [1.807, 2.05) is 0 Å². The Morgan fingerprint density at radius 1 is 1.46 bits per heavy atom. The van der Waals surface area contributed by atoms with Crippen LogP contribution in [0.4, 0.5) is 0 Å². The van der Waals surface area contributed by atoms with Crippen LogP contribution in [-0.4, -0.2) is 24.7 Å². The fraction of sp³-hybridized carbons (Fsp3) is 0.167. The molecule has 70 valence electrons. The average molecular weight is 216 g/mol. The molecule has 0 bridgehead atoms. The van der Waals surface area contributed by atoms with E-state index < -0.39 is 16.1 Å². The molecule has 5 nitrogen and oxygen atoms in total. The third-order valence-corrected chi connectivity index (χ3v) is 1.15. The van der Waals surface area contributed by atoms with Crippen LogP contribution >= 0.6 is 0 Å². The van der Waals surface area contributed by atoms with Gasteiger partial charge in [-0.05, 0) is 6.08 Å². The van der Waals surface area contributed by atoms with E-state index in [4.69, 9.17) is 14.5 Å². The summed E-state index contributed by atoms with van der Waals surface area (Å²) in [5, 5.41) is 9.14. The Hall–Kier alpha value is -0.140. The van der Waals surface area contributed by atoms with Crippen molar-refractivity contribution >= 4 is 16.1 Å². The molecule has 0 rings (SSSR count). The first-order valence-corrected chi connectivity index (χ1v) is 4.34. The molecule has 0 aromatic rings. The first kappa shape index (κ1) is 18.6. The van der Waals surface area contributed by atoms with Gasteiger partial charge in [-0.25, -0.2) is 0 Å². The van der Waals surface area contributed by atoms with E-state index in [0.29, 0.717) is 0 Å².